The number of alkyl halides is 2. The molecule has 1 heterocycles. The first kappa shape index (κ1) is 17.7. The second-order valence-corrected chi connectivity index (χ2v) is 5.22. The van der Waals surface area contributed by atoms with E-state index in [1.807, 2.05) is 13.0 Å². The summed E-state index contributed by atoms with van der Waals surface area (Å²) in [5, 5.41) is 0. The zero-order valence-electron chi connectivity index (χ0n) is 13.7. The number of likely N-dealkylation sites (N-methyl/N-ethyl adjacent to an activating group) is 1. The highest BCUT2D eigenvalue weighted by Crippen LogP contribution is 2.27. The Morgan fingerprint density at radius 1 is 1.38 bits per heavy atom. The fourth-order valence-corrected chi connectivity index (χ4v) is 2.09. The van der Waals surface area contributed by atoms with Crippen molar-refractivity contribution < 1.29 is 23.0 Å². The van der Waals surface area contributed by atoms with Crippen LogP contribution in [0.4, 0.5) is 8.78 Å². The number of hydrogen-bond donors (Lipinski definition) is 0. The van der Waals surface area contributed by atoms with Crippen molar-refractivity contribution in [3.63, 3.8) is 0 Å². The van der Waals surface area contributed by atoms with Crippen LogP contribution in [0.2, 0.25) is 0 Å². The molecule has 0 spiro atoms. The third kappa shape index (κ3) is 4.21. The minimum Gasteiger partial charge on any atom is -0.493 e. The molecule has 0 radical (unpaired) electrons. The molecule has 1 amide bonds. The van der Waals surface area contributed by atoms with Gasteiger partial charge in [-0.1, -0.05) is 6.07 Å². The highest BCUT2D eigenvalue weighted by molar-refractivity contribution is 5.77. The Balaban J connectivity index is 1.96. The monoisotopic (exact) mass is 339 g/mol. The number of benzene rings is 1. The number of amides is 1. The van der Waals surface area contributed by atoms with Gasteiger partial charge in [0.15, 0.2) is 18.1 Å². The predicted octanol–water partition coefficient (Wildman–Crippen LogP) is 2.63. The lowest BCUT2D eigenvalue weighted by Crippen LogP contribution is -2.32. The van der Waals surface area contributed by atoms with E-state index in [2.05, 4.69) is 4.98 Å². The lowest BCUT2D eigenvalue weighted by atomic mass is 10.2. The number of nitrogens with zero attached hydrogens (tertiary/aromatic N) is 3. The first-order chi connectivity index (χ1) is 11.4. The molecule has 0 saturated carbocycles. The van der Waals surface area contributed by atoms with E-state index in [0.717, 1.165) is 5.56 Å². The maximum Gasteiger partial charge on any atom is 0.319 e. The van der Waals surface area contributed by atoms with Crippen molar-refractivity contribution >= 4 is 5.91 Å². The Labute approximate surface area is 138 Å². The molecule has 0 atom stereocenters. The summed E-state index contributed by atoms with van der Waals surface area (Å²) in [4.78, 5) is 17.2. The van der Waals surface area contributed by atoms with Gasteiger partial charge in [0, 0.05) is 19.4 Å². The summed E-state index contributed by atoms with van der Waals surface area (Å²) in [5.41, 5.74) is 1.00. The fourth-order valence-electron chi connectivity index (χ4n) is 2.09. The summed E-state index contributed by atoms with van der Waals surface area (Å²) in [5.74, 6) is 0.716. The van der Waals surface area contributed by atoms with Crippen LogP contribution in [0, 0.1) is 6.92 Å². The van der Waals surface area contributed by atoms with Gasteiger partial charge in [-0.3, -0.25) is 9.36 Å². The third-order valence-corrected chi connectivity index (χ3v) is 3.43. The topological polar surface area (TPSA) is 56.6 Å². The number of ether oxygens (including phenoxy) is 2. The number of imidazole rings is 1. The Bertz CT molecular complexity index is 704. The van der Waals surface area contributed by atoms with Gasteiger partial charge in [0.1, 0.15) is 5.82 Å². The van der Waals surface area contributed by atoms with Crippen molar-refractivity contribution in [1.29, 1.82) is 0 Å². The number of halogens is 2. The van der Waals surface area contributed by atoms with Gasteiger partial charge in [0.2, 0.25) is 0 Å². The van der Waals surface area contributed by atoms with E-state index in [-0.39, 0.29) is 24.9 Å². The van der Waals surface area contributed by atoms with Crippen molar-refractivity contribution in [3.05, 3.63) is 42.0 Å². The lowest BCUT2D eigenvalue weighted by Gasteiger charge is -2.18. The standard InChI is InChI=1S/C16H19F2N3O3/c1-11-4-5-12(13(8-11)23-3)24-10-15(22)20(2)9-14-19-6-7-21(14)16(17)18/h4-8,16H,9-10H2,1-3H3. The summed E-state index contributed by atoms with van der Waals surface area (Å²) in [6.45, 7) is -1.05. The molecule has 0 saturated heterocycles. The zero-order valence-corrected chi connectivity index (χ0v) is 13.7. The third-order valence-electron chi connectivity index (χ3n) is 3.43. The molecule has 0 aliphatic heterocycles. The number of aryl methyl sites for hydroxylation is 1. The minimum absolute atomic E-state index is 0.0371. The van der Waals surface area contributed by atoms with Gasteiger partial charge in [-0.25, -0.2) is 4.98 Å². The largest absolute Gasteiger partial charge is 0.493 e. The van der Waals surface area contributed by atoms with E-state index in [9.17, 15) is 13.6 Å². The van der Waals surface area contributed by atoms with Crippen molar-refractivity contribution in [1.82, 2.24) is 14.5 Å². The average molecular weight is 339 g/mol. The summed E-state index contributed by atoms with van der Waals surface area (Å²) in [7, 11) is 3.02. The molecule has 2 rings (SSSR count). The maximum atomic E-state index is 12.8. The van der Waals surface area contributed by atoms with Crippen LogP contribution in [-0.2, 0) is 11.3 Å². The second kappa shape index (κ2) is 7.76. The van der Waals surface area contributed by atoms with E-state index >= 15 is 0 Å². The average Bonchev–Trinajstić information content (AvgIpc) is 3.01. The molecule has 0 aliphatic rings. The predicted molar refractivity (Wildman–Crippen MR) is 83.2 cm³/mol. The van der Waals surface area contributed by atoms with E-state index < -0.39 is 6.55 Å². The summed E-state index contributed by atoms with van der Waals surface area (Å²) in [6.07, 6.45) is 2.44. The van der Waals surface area contributed by atoms with E-state index in [4.69, 9.17) is 9.47 Å². The number of carbonyl (C=O) groups is 1. The Kier molecular flexibility index (Phi) is 5.73. The van der Waals surface area contributed by atoms with Crippen molar-refractivity contribution in [2.75, 3.05) is 20.8 Å². The molecule has 1 aromatic carbocycles. The van der Waals surface area contributed by atoms with Crippen LogP contribution in [0.25, 0.3) is 0 Å². The number of carbonyl (C=O) groups excluding carboxylic acids is 1. The Morgan fingerprint density at radius 2 is 2.12 bits per heavy atom. The molecule has 0 aliphatic carbocycles. The van der Waals surface area contributed by atoms with Gasteiger partial charge in [-0.15, -0.1) is 0 Å². The molecular weight excluding hydrogens is 320 g/mol. The highest BCUT2D eigenvalue weighted by Gasteiger charge is 2.17. The molecular formula is C16H19F2N3O3. The normalized spacial score (nSPS) is 10.8. The van der Waals surface area contributed by atoms with Crippen LogP contribution < -0.4 is 9.47 Å². The minimum atomic E-state index is -2.70. The molecule has 1 aromatic heterocycles. The molecule has 8 heteroatoms. The SMILES string of the molecule is COc1cc(C)ccc1OCC(=O)N(C)Cc1nccn1C(F)F. The number of hydrogen-bond acceptors (Lipinski definition) is 4. The van der Waals surface area contributed by atoms with Gasteiger partial charge in [0.05, 0.1) is 13.7 Å². The quantitative estimate of drug-likeness (QED) is 0.778. The van der Waals surface area contributed by atoms with Gasteiger partial charge >= 0.3 is 6.55 Å². The van der Waals surface area contributed by atoms with Crippen LogP contribution in [-0.4, -0.2) is 41.1 Å². The molecule has 24 heavy (non-hydrogen) atoms. The molecule has 2 aromatic rings. The molecule has 0 N–H and O–H groups in total. The molecule has 0 bridgehead atoms. The first-order valence-corrected chi connectivity index (χ1v) is 7.23. The fraction of sp³-hybridized carbons (Fsp3) is 0.375. The Hall–Kier alpha value is -2.64. The van der Waals surface area contributed by atoms with Crippen molar-refractivity contribution in [3.8, 4) is 11.5 Å². The molecule has 0 unspecified atom stereocenters. The summed E-state index contributed by atoms with van der Waals surface area (Å²) in [6, 6.07) is 5.35. The van der Waals surface area contributed by atoms with E-state index in [1.165, 1.54) is 31.5 Å². The number of methoxy groups -OCH3 is 1. The number of aromatic nitrogens is 2. The first-order valence-electron chi connectivity index (χ1n) is 7.23. The number of rotatable bonds is 7. The highest BCUT2D eigenvalue weighted by atomic mass is 19.3. The zero-order chi connectivity index (χ0) is 17.7. The molecule has 130 valence electrons. The van der Waals surface area contributed by atoms with Crippen molar-refractivity contribution in [2.24, 2.45) is 0 Å². The smallest absolute Gasteiger partial charge is 0.319 e. The van der Waals surface area contributed by atoms with Crippen LogP contribution in [0.5, 0.6) is 11.5 Å². The van der Waals surface area contributed by atoms with Gasteiger partial charge in [-0.05, 0) is 24.6 Å². The van der Waals surface area contributed by atoms with Crippen LogP contribution >= 0.6 is 0 Å². The van der Waals surface area contributed by atoms with E-state index in [1.54, 1.807) is 12.1 Å². The van der Waals surface area contributed by atoms with E-state index in [0.29, 0.717) is 16.1 Å². The van der Waals surface area contributed by atoms with Crippen LogP contribution in [0.3, 0.4) is 0 Å². The summed E-state index contributed by atoms with van der Waals surface area (Å²) >= 11 is 0. The lowest BCUT2D eigenvalue weighted by molar-refractivity contribution is -0.132. The second-order valence-electron chi connectivity index (χ2n) is 5.22. The van der Waals surface area contributed by atoms with Crippen LogP contribution in [0.15, 0.2) is 30.6 Å². The van der Waals surface area contributed by atoms with Gasteiger partial charge in [-0.2, -0.15) is 8.78 Å². The molecule has 6 nitrogen and oxygen atoms in total. The van der Waals surface area contributed by atoms with Gasteiger partial charge in [0.25, 0.3) is 5.91 Å². The molecule has 0 fully saturated rings. The summed E-state index contributed by atoms with van der Waals surface area (Å²) < 4.78 is 36.9. The van der Waals surface area contributed by atoms with Crippen LogP contribution in [0.1, 0.15) is 17.9 Å². The Morgan fingerprint density at radius 3 is 2.79 bits per heavy atom. The maximum absolute atomic E-state index is 12.8. The van der Waals surface area contributed by atoms with Crippen molar-refractivity contribution in [2.45, 2.75) is 20.0 Å². The van der Waals surface area contributed by atoms with Gasteiger partial charge < -0.3 is 14.4 Å².